The third kappa shape index (κ3) is 2.47. The van der Waals surface area contributed by atoms with Crippen molar-refractivity contribution in [3.63, 3.8) is 0 Å². The van der Waals surface area contributed by atoms with Crippen molar-refractivity contribution in [1.29, 1.82) is 0 Å². The maximum absolute atomic E-state index is 12.3. The number of rotatable bonds is 3. The first kappa shape index (κ1) is 11.6. The van der Waals surface area contributed by atoms with Crippen molar-refractivity contribution in [2.75, 3.05) is 0 Å². The molecule has 0 unspecified atom stereocenters. The van der Waals surface area contributed by atoms with Crippen molar-refractivity contribution in [2.45, 2.75) is 32.7 Å². The van der Waals surface area contributed by atoms with E-state index in [-0.39, 0.29) is 29.4 Å². The lowest BCUT2D eigenvalue weighted by atomic mass is 10.0. The van der Waals surface area contributed by atoms with Gasteiger partial charge in [0, 0.05) is 15.2 Å². The number of hydrogen-bond donors (Lipinski definition) is 1. The molecule has 1 aliphatic rings. The number of nitrogens with zero attached hydrogens (tertiary/aromatic N) is 3. The van der Waals surface area contributed by atoms with Crippen molar-refractivity contribution in [3.8, 4) is 11.5 Å². The highest BCUT2D eigenvalue weighted by Gasteiger charge is 2.26. The Balaban J connectivity index is 1.55. The van der Waals surface area contributed by atoms with E-state index in [2.05, 4.69) is 20.6 Å². The molecule has 2 aromatic heterocycles. The number of aromatic nitrogens is 3. The quantitative estimate of drug-likeness (QED) is 0.795. The summed E-state index contributed by atoms with van der Waals surface area (Å²) < 4.78 is 32.1. The second-order valence-electron chi connectivity index (χ2n) is 5.74. The summed E-state index contributed by atoms with van der Waals surface area (Å²) in [4.78, 5) is 16.3. The summed E-state index contributed by atoms with van der Waals surface area (Å²) in [5, 5.41) is 10.1. The third-order valence-corrected chi connectivity index (χ3v) is 4.15. The molecule has 0 saturated heterocycles. The van der Waals surface area contributed by atoms with Crippen LogP contribution in [-0.4, -0.2) is 21.2 Å². The smallest absolute Gasteiger partial charge is 0.290 e. The van der Waals surface area contributed by atoms with Gasteiger partial charge >= 0.3 is 0 Å². The van der Waals surface area contributed by atoms with E-state index in [0.29, 0.717) is 11.1 Å². The zero-order chi connectivity index (χ0) is 19.2. The molecule has 1 aromatic carbocycles. The average Bonchev–Trinajstić information content (AvgIpc) is 3.33. The molecule has 0 radical (unpaired) electrons. The molecule has 0 bridgehead atoms. The molecule has 1 atom stereocenters. The molecule has 24 heavy (non-hydrogen) atoms. The molecule has 1 aliphatic carbocycles. The predicted molar refractivity (Wildman–Crippen MR) is 84.2 cm³/mol. The van der Waals surface area contributed by atoms with Gasteiger partial charge in [-0.25, -0.2) is 0 Å². The standard InChI is InChI=1S/C17H16N4O3/c1-9-8-18-23-15(9)16(22)20-14-6-4-11-7-12(3-5-13(11)14)17-19-10(2)21-24-17/h3,5,7-8,14H,4,6H2,1-2H3,(H,20,22)/t14-/m1/s1/i2D3. The highest BCUT2D eigenvalue weighted by Crippen LogP contribution is 2.34. The van der Waals surface area contributed by atoms with Gasteiger partial charge in [0.15, 0.2) is 5.82 Å². The SMILES string of the molecule is [2H]C([2H])([2H])c1noc(-c2ccc3c(c2)CC[C@H]3NC(=O)c2oncc2C)n1. The molecule has 0 fully saturated rings. The molecule has 122 valence electrons. The summed E-state index contributed by atoms with van der Waals surface area (Å²) in [6, 6.07) is 5.42. The molecule has 1 amide bonds. The van der Waals surface area contributed by atoms with Crippen LogP contribution < -0.4 is 5.32 Å². The lowest BCUT2D eigenvalue weighted by Gasteiger charge is -2.13. The van der Waals surface area contributed by atoms with Crippen LogP contribution in [-0.2, 0) is 6.42 Å². The molecular formula is C17H16N4O3. The molecule has 0 saturated carbocycles. The number of nitrogens with one attached hydrogen (secondary N) is 1. The summed E-state index contributed by atoms with van der Waals surface area (Å²) in [7, 11) is 0. The van der Waals surface area contributed by atoms with Crippen LogP contribution in [0.1, 0.15) is 49.6 Å². The van der Waals surface area contributed by atoms with Crippen LogP contribution in [0.4, 0.5) is 0 Å². The van der Waals surface area contributed by atoms with Gasteiger partial charge in [0.05, 0.1) is 12.2 Å². The Morgan fingerprint density at radius 2 is 2.33 bits per heavy atom. The summed E-state index contributed by atoms with van der Waals surface area (Å²) in [6.45, 7) is -0.648. The minimum absolute atomic E-state index is 0.133. The Kier molecular flexibility index (Phi) is 2.69. The second kappa shape index (κ2) is 5.59. The van der Waals surface area contributed by atoms with Crippen LogP contribution in [0.25, 0.3) is 11.5 Å². The van der Waals surface area contributed by atoms with Crippen molar-refractivity contribution in [3.05, 3.63) is 52.7 Å². The highest BCUT2D eigenvalue weighted by atomic mass is 16.5. The monoisotopic (exact) mass is 327 g/mol. The van der Waals surface area contributed by atoms with Gasteiger partial charge in [-0.3, -0.25) is 4.79 Å². The second-order valence-corrected chi connectivity index (χ2v) is 5.74. The lowest BCUT2D eigenvalue weighted by molar-refractivity contribution is 0.0898. The van der Waals surface area contributed by atoms with Gasteiger partial charge < -0.3 is 14.4 Å². The fraction of sp³-hybridized carbons (Fsp3) is 0.294. The van der Waals surface area contributed by atoms with Crippen LogP contribution in [0.5, 0.6) is 0 Å². The Hall–Kier alpha value is -2.96. The normalized spacial score (nSPS) is 18.5. The van der Waals surface area contributed by atoms with E-state index >= 15 is 0 Å². The number of carbonyl (C=O) groups is 1. The van der Waals surface area contributed by atoms with Crippen LogP contribution in [0.3, 0.4) is 0 Å². The number of fused-ring (bicyclic) bond motifs is 1. The number of carbonyl (C=O) groups excluding carboxylic acids is 1. The number of benzene rings is 1. The largest absolute Gasteiger partial charge is 0.351 e. The first-order chi connectivity index (χ1) is 12.8. The Labute approximate surface area is 142 Å². The van der Waals surface area contributed by atoms with E-state index in [1.807, 2.05) is 12.1 Å². The Morgan fingerprint density at radius 1 is 1.42 bits per heavy atom. The molecular weight excluding hydrogens is 308 g/mol. The molecule has 2 heterocycles. The van der Waals surface area contributed by atoms with E-state index in [1.165, 1.54) is 6.20 Å². The summed E-state index contributed by atoms with van der Waals surface area (Å²) in [5.41, 5.74) is 3.37. The van der Waals surface area contributed by atoms with Gasteiger partial charge in [0.2, 0.25) is 5.76 Å². The van der Waals surface area contributed by atoms with Crippen LogP contribution in [0.2, 0.25) is 0 Å². The fourth-order valence-corrected chi connectivity index (χ4v) is 2.97. The lowest BCUT2D eigenvalue weighted by Crippen LogP contribution is -2.27. The molecule has 3 aromatic rings. The van der Waals surface area contributed by atoms with Crippen molar-refractivity contribution in [2.24, 2.45) is 0 Å². The van der Waals surface area contributed by atoms with Gasteiger partial charge in [-0.15, -0.1) is 0 Å². The van der Waals surface area contributed by atoms with E-state index < -0.39 is 6.85 Å². The zero-order valence-corrected chi connectivity index (χ0v) is 12.9. The van der Waals surface area contributed by atoms with Crippen LogP contribution >= 0.6 is 0 Å². The molecule has 4 rings (SSSR count). The fourth-order valence-electron chi connectivity index (χ4n) is 2.97. The van der Waals surface area contributed by atoms with E-state index in [9.17, 15) is 4.79 Å². The Bertz CT molecular complexity index is 1010. The topological polar surface area (TPSA) is 94.1 Å². The zero-order valence-electron chi connectivity index (χ0n) is 15.9. The third-order valence-electron chi connectivity index (χ3n) is 4.15. The maximum atomic E-state index is 12.3. The molecule has 7 nitrogen and oxygen atoms in total. The highest BCUT2D eigenvalue weighted by molar-refractivity contribution is 5.93. The minimum Gasteiger partial charge on any atom is -0.351 e. The summed E-state index contributed by atoms with van der Waals surface area (Å²) in [5.74, 6) is -0.242. The van der Waals surface area contributed by atoms with Crippen LogP contribution in [0.15, 0.2) is 33.4 Å². The number of amides is 1. The van der Waals surface area contributed by atoms with Crippen molar-refractivity contribution in [1.82, 2.24) is 20.6 Å². The van der Waals surface area contributed by atoms with E-state index in [1.54, 1.807) is 13.0 Å². The van der Waals surface area contributed by atoms with Gasteiger partial charge in [-0.2, -0.15) is 4.98 Å². The van der Waals surface area contributed by atoms with Crippen molar-refractivity contribution >= 4 is 5.91 Å². The number of hydrogen-bond acceptors (Lipinski definition) is 6. The Morgan fingerprint density at radius 3 is 3.08 bits per heavy atom. The van der Waals surface area contributed by atoms with Gasteiger partial charge in [-0.1, -0.05) is 16.4 Å². The first-order valence-electron chi connectivity index (χ1n) is 9.02. The first-order valence-corrected chi connectivity index (χ1v) is 7.52. The van der Waals surface area contributed by atoms with E-state index in [4.69, 9.17) is 13.2 Å². The van der Waals surface area contributed by atoms with Gasteiger partial charge in [-0.05, 0) is 49.9 Å². The van der Waals surface area contributed by atoms with E-state index in [0.717, 1.165) is 24.0 Å². The summed E-state index contributed by atoms with van der Waals surface area (Å²) in [6.07, 6.45) is 3.02. The number of aryl methyl sites for hydroxylation is 3. The minimum atomic E-state index is -2.41. The van der Waals surface area contributed by atoms with Gasteiger partial charge in [0.25, 0.3) is 11.8 Å². The molecule has 0 spiro atoms. The average molecular weight is 327 g/mol. The molecule has 1 N–H and O–H groups in total. The predicted octanol–water partition coefficient (Wildman–Crippen LogP) is 2.76. The summed E-state index contributed by atoms with van der Waals surface area (Å²) >= 11 is 0. The molecule has 7 heteroatoms. The van der Waals surface area contributed by atoms with Crippen molar-refractivity contribution < 1.29 is 18.0 Å². The van der Waals surface area contributed by atoms with Gasteiger partial charge in [0.1, 0.15) is 0 Å². The maximum Gasteiger partial charge on any atom is 0.290 e. The van der Waals surface area contributed by atoms with Crippen LogP contribution in [0, 0.1) is 13.8 Å². The molecule has 0 aliphatic heterocycles.